The van der Waals surface area contributed by atoms with Crippen LogP contribution in [-0.4, -0.2) is 25.6 Å². The van der Waals surface area contributed by atoms with Crippen LogP contribution in [0.15, 0.2) is 72.8 Å². The Morgan fingerprint density at radius 2 is 1.82 bits per heavy atom. The Hall–Kier alpha value is -4.33. The van der Waals surface area contributed by atoms with Crippen molar-refractivity contribution in [1.29, 1.82) is 0 Å². The van der Waals surface area contributed by atoms with Crippen molar-refractivity contribution in [3.63, 3.8) is 0 Å². The van der Waals surface area contributed by atoms with Crippen molar-refractivity contribution in [1.82, 2.24) is 14.5 Å². The number of fused-ring (bicyclic) bond motifs is 2. The maximum atomic E-state index is 14.6. The molecule has 1 N–H and O–H groups in total. The summed E-state index contributed by atoms with van der Waals surface area (Å²) in [5.41, 5.74) is 2.78. The van der Waals surface area contributed by atoms with Gasteiger partial charge >= 0.3 is 5.97 Å². The summed E-state index contributed by atoms with van der Waals surface area (Å²) >= 11 is 0. The van der Waals surface area contributed by atoms with Crippen molar-refractivity contribution in [3.8, 4) is 5.75 Å². The Kier molecular flexibility index (Phi) is 5.63. The highest BCUT2D eigenvalue weighted by atomic mass is 19.1. The van der Waals surface area contributed by atoms with Gasteiger partial charge in [-0.3, -0.25) is 4.79 Å². The van der Waals surface area contributed by atoms with Gasteiger partial charge in [0, 0.05) is 29.0 Å². The van der Waals surface area contributed by atoms with Crippen molar-refractivity contribution in [3.05, 3.63) is 102 Å². The van der Waals surface area contributed by atoms with Gasteiger partial charge in [0.2, 0.25) is 0 Å². The minimum Gasteiger partial charge on any atom is -0.487 e. The number of carboxylic acids is 1. The zero-order valence-electron chi connectivity index (χ0n) is 20.9. The molecule has 6 rings (SSSR count). The third-order valence-electron chi connectivity index (χ3n) is 7.51. The van der Waals surface area contributed by atoms with E-state index in [9.17, 15) is 18.7 Å². The predicted molar refractivity (Wildman–Crippen MR) is 139 cm³/mol. The number of hydrogen-bond acceptors (Lipinski definition) is 4. The van der Waals surface area contributed by atoms with Gasteiger partial charge in [0.05, 0.1) is 34.7 Å². The molecule has 0 aliphatic heterocycles. The highest BCUT2D eigenvalue weighted by Crippen LogP contribution is 2.64. The molecule has 5 aromatic rings. The van der Waals surface area contributed by atoms with Crippen LogP contribution in [0, 0.1) is 23.0 Å². The van der Waals surface area contributed by atoms with Crippen LogP contribution in [0.3, 0.4) is 0 Å². The van der Waals surface area contributed by atoms with Gasteiger partial charge in [-0.15, -0.1) is 0 Å². The molecule has 2 aromatic heterocycles. The lowest BCUT2D eigenvalue weighted by Crippen LogP contribution is -2.08. The quantitative estimate of drug-likeness (QED) is 0.276. The molecule has 38 heavy (non-hydrogen) atoms. The second-order valence-corrected chi connectivity index (χ2v) is 10.3. The highest BCUT2D eigenvalue weighted by Gasteiger charge is 2.64. The van der Waals surface area contributed by atoms with E-state index in [-0.39, 0.29) is 19.1 Å². The first-order valence-electron chi connectivity index (χ1n) is 12.4. The normalized spacial score (nSPS) is 18.1. The number of pyridine rings is 1. The van der Waals surface area contributed by atoms with Crippen molar-refractivity contribution in [2.75, 3.05) is 0 Å². The lowest BCUT2D eigenvalue weighted by molar-refractivity contribution is -0.139. The molecule has 2 atom stereocenters. The smallest absolute Gasteiger partial charge is 0.307 e. The molecule has 8 heteroatoms. The van der Waals surface area contributed by atoms with E-state index >= 15 is 0 Å². The van der Waals surface area contributed by atoms with Crippen molar-refractivity contribution >= 4 is 27.9 Å². The fourth-order valence-electron chi connectivity index (χ4n) is 5.37. The van der Waals surface area contributed by atoms with E-state index < -0.39 is 28.9 Å². The van der Waals surface area contributed by atoms with E-state index in [1.807, 2.05) is 60.9 Å². The van der Waals surface area contributed by atoms with Crippen molar-refractivity contribution in [2.24, 2.45) is 11.3 Å². The van der Waals surface area contributed by atoms with Crippen LogP contribution in [0.5, 0.6) is 5.75 Å². The van der Waals surface area contributed by atoms with Crippen LogP contribution in [0.4, 0.5) is 8.78 Å². The maximum absolute atomic E-state index is 14.6. The lowest BCUT2D eigenvalue weighted by atomic mass is 10.1. The molecule has 1 aliphatic carbocycles. The fraction of sp³-hybridized carbons (Fsp3) is 0.233. The van der Waals surface area contributed by atoms with E-state index in [1.165, 1.54) is 12.1 Å². The molecule has 0 saturated heterocycles. The number of imidazole rings is 1. The first-order valence-corrected chi connectivity index (χ1v) is 12.4. The topological polar surface area (TPSA) is 77.2 Å². The van der Waals surface area contributed by atoms with Crippen molar-refractivity contribution < 1.29 is 23.4 Å². The van der Waals surface area contributed by atoms with Gasteiger partial charge in [-0.1, -0.05) is 44.2 Å². The first kappa shape index (κ1) is 24.0. The zero-order valence-corrected chi connectivity index (χ0v) is 20.9. The Morgan fingerprint density at radius 1 is 1.00 bits per heavy atom. The number of halogens is 2. The summed E-state index contributed by atoms with van der Waals surface area (Å²) in [6.07, 6.45) is 0. The summed E-state index contributed by atoms with van der Waals surface area (Å²) in [6.45, 7) is 4.15. The largest absolute Gasteiger partial charge is 0.487 e. The molecule has 0 radical (unpaired) electrons. The minimum absolute atomic E-state index is 0.0953. The monoisotopic (exact) mass is 513 g/mol. The number of para-hydroxylation sites is 1. The van der Waals surface area contributed by atoms with Crippen LogP contribution >= 0.6 is 0 Å². The summed E-state index contributed by atoms with van der Waals surface area (Å²) in [5, 5.41) is 10.8. The number of benzene rings is 3. The number of hydrogen-bond donors (Lipinski definition) is 1. The third-order valence-corrected chi connectivity index (χ3v) is 7.51. The van der Waals surface area contributed by atoms with Gasteiger partial charge in [0.1, 0.15) is 29.8 Å². The second kappa shape index (κ2) is 8.90. The minimum atomic E-state index is -0.890. The van der Waals surface area contributed by atoms with Crippen LogP contribution in [0.25, 0.3) is 21.9 Å². The molecule has 1 aliphatic rings. The fourth-order valence-corrected chi connectivity index (χ4v) is 5.37. The average Bonchev–Trinajstić information content (AvgIpc) is 3.31. The molecule has 0 spiro atoms. The van der Waals surface area contributed by atoms with Crippen LogP contribution in [-0.2, 0) is 17.9 Å². The highest BCUT2D eigenvalue weighted by molar-refractivity contribution is 5.81. The molecule has 0 unspecified atom stereocenters. The van der Waals surface area contributed by atoms with Gasteiger partial charge < -0.3 is 14.4 Å². The maximum Gasteiger partial charge on any atom is 0.307 e. The molecule has 6 nitrogen and oxygen atoms in total. The molecular formula is C30H25F2N3O3. The number of aliphatic carboxylic acids is 1. The number of ether oxygens (including phenoxy) is 1. The standard InChI is InChI=1S/C30H25F2N3O3/c1-30(2)26(27(30)29(36)37)28-34-24-14-21(38-16-20-10-8-17-5-3-4-6-23(17)33-20)11-12-25(24)35(28)15-18-7-9-19(31)13-22(18)32/h3-14,26-27H,15-16H2,1-2H3,(H,36,37)/t26-,27+/m0/s1. The number of carbonyl (C=O) groups is 1. The summed E-state index contributed by atoms with van der Waals surface area (Å²) < 4.78 is 35.9. The molecule has 192 valence electrons. The van der Waals surface area contributed by atoms with E-state index in [0.29, 0.717) is 28.2 Å². The summed E-state index contributed by atoms with van der Waals surface area (Å²) in [6, 6.07) is 20.7. The number of rotatable bonds is 7. The number of aromatic nitrogens is 3. The van der Waals surface area contributed by atoms with Crippen LogP contribution < -0.4 is 4.74 Å². The second-order valence-electron chi connectivity index (χ2n) is 10.3. The zero-order chi connectivity index (χ0) is 26.6. The van der Waals surface area contributed by atoms with Crippen molar-refractivity contribution in [2.45, 2.75) is 32.9 Å². The van der Waals surface area contributed by atoms with Crippen LogP contribution in [0.1, 0.15) is 36.8 Å². The molecule has 2 heterocycles. The Balaban J connectivity index is 1.34. The van der Waals surface area contributed by atoms with Gasteiger partial charge in [0.25, 0.3) is 0 Å². The lowest BCUT2D eigenvalue weighted by Gasteiger charge is -2.12. The third kappa shape index (κ3) is 4.16. The molecule has 0 bridgehead atoms. The molecular weight excluding hydrogens is 488 g/mol. The Morgan fingerprint density at radius 3 is 2.58 bits per heavy atom. The van der Waals surface area contributed by atoms with Gasteiger partial charge in [-0.2, -0.15) is 0 Å². The van der Waals surface area contributed by atoms with E-state index in [1.54, 1.807) is 12.1 Å². The predicted octanol–water partition coefficient (Wildman–Crippen LogP) is 6.31. The Bertz CT molecular complexity index is 1710. The number of nitrogens with zero attached hydrogens (tertiary/aromatic N) is 3. The SMILES string of the molecule is CC1(C)[C@H](c2nc3cc(OCc4ccc5ccccc5n4)ccc3n2Cc2ccc(F)cc2F)[C@@H]1C(=O)O. The first-order chi connectivity index (χ1) is 18.2. The average molecular weight is 514 g/mol. The molecule has 0 amide bonds. The summed E-state index contributed by atoms with van der Waals surface area (Å²) in [4.78, 5) is 21.4. The summed E-state index contributed by atoms with van der Waals surface area (Å²) in [7, 11) is 0. The summed E-state index contributed by atoms with van der Waals surface area (Å²) in [5.74, 6) is -2.01. The van der Waals surface area contributed by atoms with Gasteiger partial charge in [0.15, 0.2) is 0 Å². The van der Waals surface area contributed by atoms with E-state index in [4.69, 9.17) is 9.72 Å². The van der Waals surface area contributed by atoms with E-state index in [2.05, 4.69) is 4.98 Å². The van der Waals surface area contributed by atoms with Crippen LogP contribution in [0.2, 0.25) is 0 Å². The van der Waals surface area contributed by atoms with E-state index in [0.717, 1.165) is 22.7 Å². The van der Waals surface area contributed by atoms with Gasteiger partial charge in [-0.25, -0.2) is 18.7 Å². The Labute approximate surface area is 217 Å². The number of carboxylic acid groups (broad SMARTS) is 1. The molecule has 1 fully saturated rings. The van der Waals surface area contributed by atoms with Gasteiger partial charge in [-0.05, 0) is 35.7 Å². The molecule has 3 aromatic carbocycles. The molecule has 1 saturated carbocycles.